The van der Waals surface area contributed by atoms with Crippen molar-refractivity contribution >= 4 is 17.2 Å². The summed E-state index contributed by atoms with van der Waals surface area (Å²) in [7, 11) is 0. The van der Waals surface area contributed by atoms with Gasteiger partial charge in [0.25, 0.3) is 5.91 Å². The first-order chi connectivity index (χ1) is 11.6. The first-order valence-electron chi connectivity index (χ1n) is 8.26. The molecule has 1 aromatic heterocycles. The average molecular weight is 346 g/mol. The number of aromatic nitrogens is 1. The number of piperidine rings is 1. The van der Waals surface area contributed by atoms with Gasteiger partial charge in [0.1, 0.15) is 15.6 Å². The zero-order valence-electron chi connectivity index (χ0n) is 14.0. The minimum atomic E-state index is -0.281. The van der Waals surface area contributed by atoms with Crippen LogP contribution in [0.15, 0.2) is 24.3 Å². The molecule has 0 unspecified atom stereocenters. The minimum absolute atomic E-state index is 0.0223. The maximum atomic E-state index is 12.7. The quantitative estimate of drug-likeness (QED) is 0.924. The molecular formula is C18H22N2O3S. The SMILES string of the molecule is CCOc1ccc(-c2nc(C)c(C(=O)N3CCC(O)CC3)s2)cc1. The number of aliphatic hydroxyl groups is 1. The standard InChI is InChI=1S/C18H22N2O3S/c1-3-23-15-6-4-13(5-7-15)17-19-12(2)16(24-17)18(22)20-10-8-14(21)9-11-20/h4-7,14,21H,3,8-11H2,1-2H3. The van der Waals surface area contributed by atoms with E-state index in [1.54, 1.807) is 0 Å². The molecule has 1 aromatic carbocycles. The molecule has 6 heteroatoms. The van der Waals surface area contributed by atoms with E-state index in [1.807, 2.05) is 43.0 Å². The van der Waals surface area contributed by atoms with E-state index in [0.29, 0.717) is 37.4 Å². The second-order valence-electron chi connectivity index (χ2n) is 5.91. The van der Waals surface area contributed by atoms with E-state index in [9.17, 15) is 9.90 Å². The van der Waals surface area contributed by atoms with Gasteiger partial charge >= 0.3 is 0 Å². The van der Waals surface area contributed by atoms with Crippen LogP contribution in [-0.2, 0) is 0 Å². The van der Waals surface area contributed by atoms with Gasteiger partial charge in [0, 0.05) is 18.7 Å². The van der Waals surface area contributed by atoms with Gasteiger partial charge in [0.05, 0.1) is 18.4 Å². The lowest BCUT2D eigenvalue weighted by atomic mass is 10.1. The molecule has 1 N–H and O–H groups in total. The minimum Gasteiger partial charge on any atom is -0.494 e. The van der Waals surface area contributed by atoms with Gasteiger partial charge in [-0.25, -0.2) is 4.98 Å². The van der Waals surface area contributed by atoms with Gasteiger partial charge < -0.3 is 14.7 Å². The molecule has 1 aliphatic rings. The number of hydrogen-bond donors (Lipinski definition) is 1. The Morgan fingerprint density at radius 1 is 1.33 bits per heavy atom. The fraction of sp³-hybridized carbons (Fsp3) is 0.444. The molecule has 0 bridgehead atoms. The van der Waals surface area contributed by atoms with Gasteiger partial charge in [-0.2, -0.15) is 0 Å². The summed E-state index contributed by atoms with van der Waals surface area (Å²) in [5, 5.41) is 10.4. The number of hydrogen-bond acceptors (Lipinski definition) is 5. The van der Waals surface area contributed by atoms with E-state index in [1.165, 1.54) is 11.3 Å². The summed E-state index contributed by atoms with van der Waals surface area (Å²) in [4.78, 5) is 19.8. The first kappa shape index (κ1) is 16.9. The van der Waals surface area contributed by atoms with Crippen LogP contribution >= 0.6 is 11.3 Å². The molecule has 0 aliphatic carbocycles. The molecule has 1 amide bonds. The summed E-state index contributed by atoms with van der Waals surface area (Å²) >= 11 is 1.43. The topological polar surface area (TPSA) is 62.7 Å². The van der Waals surface area contributed by atoms with Crippen LogP contribution in [0, 0.1) is 6.92 Å². The van der Waals surface area contributed by atoms with E-state index < -0.39 is 0 Å². The van der Waals surface area contributed by atoms with E-state index >= 15 is 0 Å². The molecule has 3 rings (SSSR count). The number of nitrogens with zero attached hydrogens (tertiary/aromatic N) is 2. The van der Waals surface area contributed by atoms with Gasteiger partial charge in [-0.1, -0.05) is 0 Å². The molecule has 5 nitrogen and oxygen atoms in total. The lowest BCUT2D eigenvalue weighted by molar-refractivity contribution is 0.0550. The molecule has 24 heavy (non-hydrogen) atoms. The maximum Gasteiger partial charge on any atom is 0.265 e. The number of carbonyl (C=O) groups excluding carboxylic acids is 1. The summed E-state index contributed by atoms with van der Waals surface area (Å²) in [5.41, 5.74) is 1.75. The number of ether oxygens (including phenoxy) is 1. The molecule has 0 atom stereocenters. The Morgan fingerprint density at radius 2 is 2.00 bits per heavy atom. The Hall–Kier alpha value is -1.92. The van der Waals surface area contributed by atoms with Crippen molar-refractivity contribution in [3.8, 4) is 16.3 Å². The van der Waals surface area contributed by atoms with Gasteiger partial charge in [-0.3, -0.25) is 4.79 Å². The van der Waals surface area contributed by atoms with Crippen LogP contribution in [0.2, 0.25) is 0 Å². The van der Waals surface area contributed by atoms with Crippen LogP contribution in [0.5, 0.6) is 5.75 Å². The third kappa shape index (κ3) is 3.60. The highest BCUT2D eigenvalue weighted by molar-refractivity contribution is 7.17. The number of amides is 1. The van der Waals surface area contributed by atoms with Gasteiger partial charge in [0.2, 0.25) is 0 Å². The molecule has 0 radical (unpaired) electrons. The van der Waals surface area contributed by atoms with Gasteiger partial charge in [-0.05, 0) is 51.0 Å². The monoisotopic (exact) mass is 346 g/mol. The Kier molecular flexibility index (Phi) is 5.16. The Morgan fingerprint density at radius 3 is 2.62 bits per heavy atom. The fourth-order valence-electron chi connectivity index (χ4n) is 2.79. The summed E-state index contributed by atoms with van der Waals surface area (Å²) in [6, 6.07) is 7.77. The molecule has 2 aromatic rings. The van der Waals surface area contributed by atoms with Crippen LogP contribution in [0.3, 0.4) is 0 Å². The average Bonchev–Trinajstić information content (AvgIpc) is 2.98. The lowest BCUT2D eigenvalue weighted by Gasteiger charge is -2.29. The number of thiazole rings is 1. The number of carbonyl (C=O) groups is 1. The molecular weight excluding hydrogens is 324 g/mol. The first-order valence-corrected chi connectivity index (χ1v) is 9.08. The van der Waals surface area contributed by atoms with Crippen molar-refractivity contribution in [1.82, 2.24) is 9.88 Å². The molecule has 1 saturated heterocycles. The number of aryl methyl sites for hydroxylation is 1. The molecule has 0 saturated carbocycles. The van der Waals surface area contributed by atoms with Crippen molar-refractivity contribution in [3.05, 3.63) is 34.8 Å². The summed E-state index contributed by atoms with van der Waals surface area (Å²) < 4.78 is 5.45. The van der Waals surface area contributed by atoms with Crippen molar-refractivity contribution in [1.29, 1.82) is 0 Å². The Bertz CT molecular complexity index is 704. The normalized spacial score (nSPS) is 15.5. The van der Waals surface area contributed by atoms with Crippen LogP contribution in [0.25, 0.3) is 10.6 Å². The number of rotatable bonds is 4. The summed E-state index contributed by atoms with van der Waals surface area (Å²) in [5.74, 6) is 0.854. The molecule has 1 fully saturated rings. The number of likely N-dealkylation sites (tertiary alicyclic amines) is 1. The summed E-state index contributed by atoms with van der Waals surface area (Å²) in [6.07, 6.45) is 1.01. The van der Waals surface area contributed by atoms with Crippen molar-refractivity contribution < 1.29 is 14.6 Å². The zero-order valence-corrected chi connectivity index (χ0v) is 14.8. The van der Waals surface area contributed by atoms with Gasteiger partial charge in [-0.15, -0.1) is 11.3 Å². The fourth-order valence-corrected chi connectivity index (χ4v) is 3.83. The Balaban J connectivity index is 1.78. The van der Waals surface area contributed by atoms with E-state index in [4.69, 9.17) is 4.74 Å². The van der Waals surface area contributed by atoms with E-state index in [2.05, 4.69) is 4.98 Å². The highest BCUT2D eigenvalue weighted by atomic mass is 32.1. The second kappa shape index (κ2) is 7.32. The van der Waals surface area contributed by atoms with Crippen molar-refractivity contribution in [2.75, 3.05) is 19.7 Å². The van der Waals surface area contributed by atoms with Crippen molar-refractivity contribution in [2.45, 2.75) is 32.8 Å². The third-order valence-electron chi connectivity index (χ3n) is 4.15. The zero-order chi connectivity index (χ0) is 17.1. The molecule has 1 aliphatic heterocycles. The lowest BCUT2D eigenvalue weighted by Crippen LogP contribution is -2.39. The highest BCUT2D eigenvalue weighted by Gasteiger charge is 2.25. The van der Waals surface area contributed by atoms with E-state index in [-0.39, 0.29) is 12.0 Å². The smallest absolute Gasteiger partial charge is 0.265 e. The van der Waals surface area contributed by atoms with Gasteiger partial charge in [0.15, 0.2) is 0 Å². The molecule has 2 heterocycles. The Labute approximate surface area is 145 Å². The predicted octanol–water partition coefficient (Wildman–Crippen LogP) is 3.11. The van der Waals surface area contributed by atoms with Crippen molar-refractivity contribution in [2.24, 2.45) is 0 Å². The predicted molar refractivity (Wildman–Crippen MR) is 94.6 cm³/mol. The van der Waals surface area contributed by atoms with Crippen LogP contribution in [0.1, 0.15) is 35.1 Å². The maximum absolute atomic E-state index is 12.7. The second-order valence-corrected chi connectivity index (χ2v) is 6.91. The van der Waals surface area contributed by atoms with E-state index in [0.717, 1.165) is 22.0 Å². The largest absolute Gasteiger partial charge is 0.494 e. The van der Waals surface area contributed by atoms with Crippen LogP contribution < -0.4 is 4.74 Å². The highest BCUT2D eigenvalue weighted by Crippen LogP contribution is 2.30. The molecule has 128 valence electrons. The number of aliphatic hydroxyl groups excluding tert-OH is 1. The van der Waals surface area contributed by atoms with Crippen molar-refractivity contribution in [3.63, 3.8) is 0 Å². The third-order valence-corrected chi connectivity index (χ3v) is 5.35. The molecule has 0 spiro atoms. The summed E-state index contributed by atoms with van der Waals surface area (Å²) in [6.45, 7) is 5.68. The van der Waals surface area contributed by atoms with Crippen LogP contribution in [-0.4, -0.2) is 46.7 Å². The number of benzene rings is 1. The van der Waals surface area contributed by atoms with Crippen LogP contribution in [0.4, 0.5) is 0 Å².